The molecule has 0 unspecified atom stereocenters. The largest absolute Gasteiger partial charge is 0.508 e. The van der Waals surface area contributed by atoms with Crippen molar-refractivity contribution >= 4 is 23.0 Å². The van der Waals surface area contributed by atoms with Crippen LogP contribution in [0, 0.1) is 0 Å². The van der Waals surface area contributed by atoms with E-state index in [1.54, 1.807) is 29.5 Å². The Morgan fingerprint density at radius 2 is 1.96 bits per heavy atom. The van der Waals surface area contributed by atoms with Gasteiger partial charge in [0, 0.05) is 40.8 Å². The number of aromatic hydroxyl groups is 1. The highest BCUT2D eigenvalue weighted by molar-refractivity contribution is 7.10. The van der Waals surface area contributed by atoms with Crippen LogP contribution in [0.1, 0.15) is 41.5 Å². The van der Waals surface area contributed by atoms with E-state index in [1.807, 2.05) is 23.6 Å². The maximum atomic E-state index is 12.8. The number of hydrogen-bond donors (Lipinski definition) is 2. The van der Waals surface area contributed by atoms with E-state index in [0.29, 0.717) is 18.4 Å². The first-order chi connectivity index (χ1) is 11.6. The number of rotatable bonds is 2. The summed E-state index contributed by atoms with van der Waals surface area (Å²) < 4.78 is 0. The van der Waals surface area contributed by atoms with Crippen molar-refractivity contribution in [3.8, 4) is 5.75 Å². The molecule has 0 saturated heterocycles. The molecule has 0 radical (unpaired) electrons. The predicted octanol–water partition coefficient (Wildman–Crippen LogP) is 3.46. The summed E-state index contributed by atoms with van der Waals surface area (Å²) in [7, 11) is 0. The summed E-state index contributed by atoms with van der Waals surface area (Å²) >= 11 is 1.65. The molecule has 2 atom stereocenters. The third-order valence-electron chi connectivity index (χ3n) is 4.75. The molecule has 1 aromatic carbocycles. The summed E-state index contributed by atoms with van der Waals surface area (Å²) in [5, 5.41) is 14.7. The molecular weight excluding hydrogens is 322 g/mol. The molecule has 4 rings (SSSR count). The number of carbonyl (C=O) groups is 2. The topological polar surface area (TPSA) is 66.4 Å². The van der Waals surface area contributed by atoms with Gasteiger partial charge in [-0.05, 0) is 35.6 Å². The Labute approximate surface area is 143 Å². The van der Waals surface area contributed by atoms with Crippen LogP contribution in [0.25, 0.3) is 0 Å². The first kappa shape index (κ1) is 15.1. The number of phenolic OH excluding ortho intramolecular Hbond substituents is 1. The molecular formula is C19H17NO3S. The third-order valence-corrected chi connectivity index (χ3v) is 5.79. The van der Waals surface area contributed by atoms with Gasteiger partial charge in [-0.25, -0.2) is 0 Å². The van der Waals surface area contributed by atoms with Gasteiger partial charge in [-0.15, -0.1) is 11.3 Å². The fourth-order valence-electron chi connectivity index (χ4n) is 3.71. The molecule has 24 heavy (non-hydrogen) atoms. The summed E-state index contributed by atoms with van der Waals surface area (Å²) in [6.45, 7) is 0. The van der Waals surface area contributed by atoms with Crippen LogP contribution in [-0.4, -0.2) is 16.8 Å². The SMILES string of the molecule is O=C1C[C@H](c2cccc(O)c2)C2=C(C[C@H](c3cccs3)CC2=O)N1. The number of allylic oxidation sites excluding steroid dienone is 2. The van der Waals surface area contributed by atoms with Crippen LogP contribution in [-0.2, 0) is 9.59 Å². The molecule has 1 aliphatic heterocycles. The van der Waals surface area contributed by atoms with Gasteiger partial charge < -0.3 is 10.4 Å². The van der Waals surface area contributed by atoms with Crippen molar-refractivity contribution in [3.63, 3.8) is 0 Å². The maximum Gasteiger partial charge on any atom is 0.225 e. The second kappa shape index (κ2) is 5.91. The van der Waals surface area contributed by atoms with Crippen LogP contribution in [0.3, 0.4) is 0 Å². The van der Waals surface area contributed by atoms with Crippen molar-refractivity contribution in [3.05, 3.63) is 63.5 Å². The first-order valence-corrected chi connectivity index (χ1v) is 8.88. The predicted molar refractivity (Wildman–Crippen MR) is 91.9 cm³/mol. The lowest BCUT2D eigenvalue weighted by molar-refractivity contribution is -0.122. The zero-order valence-electron chi connectivity index (χ0n) is 13.0. The van der Waals surface area contributed by atoms with E-state index in [0.717, 1.165) is 11.3 Å². The molecule has 4 nitrogen and oxygen atoms in total. The molecule has 0 bridgehead atoms. The fraction of sp³-hybridized carbons (Fsp3) is 0.263. The lowest BCUT2D eigenvalue weighted by Crippen LogP contribution is -2.38. The van der Waals surface area contributed by atoms with Gasteiger partial charge in [-0.1, -0.05) is 18.2 Å². The Balaban J connectivity index is 1.74. The van der Waals surface area contributed by atoms with Gasteiger partial charge in [0.25, 0.3) is 0 Å². The standard InChI is InChI=1S/C19H17NO3S/c21-13-4-1-3-11(7-13)14-10-18(23)20-15-8-12(9-16(22)19(14)15)17-5-2-6-24-17/h1-7,12,14,21H,8-10H2,(H,20,23)/t12-,14+/m0/s1. The minimum atomic E-state index is -0.266. The molecule has 0 fully saturated rings. The third kappa shape index (κ3) is 2.65. The van der Waals surface area contributed by atoms with Gasteiger partial charge in [0.05, 0.1) is 0 Å². The number of phenols is 1. The number of hydrogen-bond acceptors (Lipinski definition) is 4. The zero-order valence-corrected chi connectivity index (χ0v) is 13.8. The number of thiophene rings is 1. The molecule has 0 spiro atoms. The minimum Gasteiger partial charge on any atom is -0.508 e. The summed E-state index contributed by atoms with van der Waals surface area (Å²) in [5.41, 5.74) is 2.29. The van der Waals surface area contributed by atoms with Crippen molar-refractivity contribution in [2.75, 3.05) is 0 Å². The van der Waals surface area contributed by atoms with Gasteiger partial charge in [0.15, 0.2) is 5.78 Å². The van der Waals surface area contributed by atoms with Crippen LogP contribution in [0.5, 0.6) is 5.75 Å². The van der Waals surface area contributed by atoms with E-state index in [4.69, 9.17) is 0 Å². The van der Waals surface area contributed by atoms with Gasteiger partial charge in [0.2, 0.25) is 5.91 Å². The summed E-state index contributed by atoms with van der Waals surface area (Å²) in [6.07, 6.45) is 1.41. The van der Waals surface area contributed by atoms with Crippen molar-refractivity contribution in [1.29, 1.82) is 0 Å². The quantitative estimate of drug-likeness (QED) is 0.880. The Bertz CT molecular complexity index is 838. The maximum absolute atomic E-state index is 12.8. The number of ketones is 1. The van der Waals surface area contributed by atoms with Crippen LogP contribution >= 0.6 is 11.3 Å². The molecule has 2 aromatic rings. The number of benzene rings is 1. The van der Waals surface area contributed by atoms with Gasteiger partial charge >= 0.3 is 0 Å². The molecule has 2 N–H and O–H groups in total. The molecule has 1 aliphatic carbocycles. The number of carbonyl (C=O) groups excluding carboxylic acids is 2. The molecule has 122 valence electrons. The second-order valence-electron chi connectivity index (χ2n) is 6.34. The van der Waals surface area contributed by atoms with Gasteiger partial charge in [-0.3, -0.25) is 9.59 Å². The molecule has 2 heterocycles. The van der Waals surface area contributed by atoms with E-state index < -0.39 is 0 Å². The molecule has 1 amide bonds. The molecule has 0 saturated carbocycles. The molecule has 2 aliphatic rings. The fourth-order valence-corrected chi connectivity index (χ4v) is 4.54. The lowest BCUT2D eigenvalue weighted by Gasteiger charge is -2.34. The van der Waals surface area contributed by atoms with Crippen LogP contribution in [0.2, 0.25) is 0 Å². The van der Waals surface area contributed by atoms with Crippen LogP contribution in [0.15, 0.2) is 53.0 Å². The highest BCUT2D eigenvalue weighted by Crippen LogP contribution is 2.43. The van der Waals surface area contributed by atoms with Crippen LogP contribution in [0.4, 0.5) is 0 Å². The highest BCUT2D eigenvalue weighted by Gasteiger charge is 2.38. The van der Waals surface area contributed by atoms with Crippen molar-refractivity contribution in [2.45, 2.75) is 31.1 Å². The monoisotopic (exact) mass is 339 g/mol. The Morgan fingerprint density at radius 3 is 2.71 bits per heavy atom. The van der Waals surface area contributed by atoms with E-state index in [2.05, 4.69) is 5.32 Å². The lowest BCUT2D eigenvalue weighted by atomic mass is 9.75. The van der Waals surface area contributed by atoms with E-state index in [1.165, 1.54) is 4.88 Å². The Hall–Kier alpha value is -2.40. The normalized spacial score (nSPS) is 23.8. The van der Waals surface area contributed by atoms with E-state index >= 15 is 0 Å². The average molecular weight is 339 g/mol. The first-order valence-electron chi connectivity index (χ1n) is 8.00. The summed E-state index contributed by atoms with van der Waals surface area (Å²) in [6, 6.07) is 10.9. The molecule has 5 heteroatoms. The van der Waals surface area contributed by atoms with Crippen molar-refractivity contribution in [1.82, 2.24) is 5.32 Å². The number of Topliss-reactive ketones (excluding diaryl/α,β-unsaturated/α-hetero) is 1. The summed E-state index contributed by atoms with van der Waals surface area (Å²) in [4.78, 5) is 26.2. The second-order valence-corrected chi connectivity index (χ2v) is 7.32. The highest BCUT2D eigenvalue weighted by atomic mass is 32.1. The summed E-state index contributed by atoms with van der Waals surface area (Å²) in [5.74, 6) is 0.0576. The minimum absolute atomic E-state index is 0.0678. The number of nitrogens with one attached hydrogen (secondary N) is 1. The smallest absolute Gasteiger partial charge is 0.225 e. The van der Waals surface area contributed by atoms with Gasteiger partial charge in [0.1, 0.15) is 5.75 Å². The van der Waals surface area contributed by atoms with Crippen LogP contribution < -0.4 is 5.32 Å². The average Bonchev–Trinajstić information content (AvgIpc) is 3.08. The molecule has 1 aromatic heterocycles. The van der Waals surface area contributed by atoms with E-state index in [9.17, 15) is 14.7 Å². The van der Waals surface area contributed by atoms with E-state index in [-0.39, 0.29) is 35.7 Å². The Morgan fingerprint density at radius 1 is 1.08 bits per heavy atom. The Kier molecular flexibility index (Phi) is 3.73. The zero-order chi connectivity index (χ0) is 16.7. The van der Waals surface area contributed by atoms with Gasteiger partial charge in [-0.2, -0.15) is 0 Å². The van der Waals surface area contributed by atoms with Crippen molar-refractivity contribution in [2.24, 2.45) is 0 Å². The van der Waals surface area contributed by atoms with Crippen molar-refractivity contribution < 1.29 is 14.7 Å². The number of amides is 1.